The third-order valence-electron chi connectivity index (χ3n) is 4.05. The lowest BCUT2D eigenvalue weighted by Gasteiger charge is -2.08. The van der Waals surface area contributed by atoms with Gasteiger partial charge in [0.25, 0.3) is 0 Å². The zero-order chi connectivity index (χ0) is 19.6. The molecule has 140 valence electrons. The van der Waals surface area contributed by atoms with Crippen molar-refractivity contribution >= 4 is 15.8 Å². The summed E-state index contributed by atoms with van der Waals surface area (Å²) in [6.07, 6.45) is 1.16. The first-order valence-corrected chi connectivity index (χ1v) is 10.3. The normalized spacial score (nSPS) is 11.4. The van der Waals surface area contributed by atoms with Crippen LogP contribution in [0, 0.1) is 6.92 Å². The number of hydrogen-bond acceptors (Lipinski definition) is 5. The molecule has 3 aromatic rings. The van der Waals surface area contributed by atoms with Gasteiger partial charge in [-0.05, 0) is 44.2 Å². The molecule has 0 aliphatic heterocycles. The minimum atomic E-state index is -3.28. The second-order valence-corrected chi connectivity index (χ2v) is 8.19. The number of carbonyl (C=O) groups excluding carboxylic acids is 1. The van der Waals surface area contributed by atoms with Gasteiger partial charge in [-0.25, -0.2) is 17.9 Å². The lowest BCUT2D eigenvalue weighted by Crippen LogP contribution is -2.06. The first-order chi connectivity index (χ1) is 12.8. The summed E-state index contributed by atoms with van der Waals surface area (Å²) < 4.78 is 30.1. The van der Waals surface area contributed by atoms with Gasteiger partial charge in [-0.2, -0.15) is 5.10 Å². The van der Waals surface area contributed by atoms with Crippen molar-refractivity contribution in [1.82, 2.24) is 9.78 Å². The Morgan fingerprint density at radius 2 is 1.70 bits per heavy atom. The molecule has 0 amide bonds. The van der Waals surface area contributed by atoms with Gasteiger partial charge < -0.3 is 4.74 Å². The Morgan fingerprint density at radius 1 is 1.07 bits per heavy atom. The molecular formula is C20H20N2O4S. The minimum Gasteiger partial charge on any atom is -0.461 e. The van der Waals surface area contributed by atoms with Crippen LogP contribution >= 0.6 is 0 Å². The van der Waals surface area contributed by atoms with E-state index in [4.69, 9.17) is 4.74 Å². The van der Waals surface area contributed by atoms with Crippen LogP contribution in [0.25, 0.3) is 16.9 Å². The zero-order valence-corrected chi connectivity index (χ0v) is 16.2. The van der Waals surface area contributed by atoms with E-state index in [2.05, 4.69) is 5.10 Å². The van der Waals surface area contributed by atoms with Crippen LogP contribution in [-0.2, 0) is 14.6 Å². The van der Waals surface area contributed by atoms with E-state index in [1.54, 1.807) is 41.9 Å². The third-order valence-corrected chi connectivity index (χ3v) is 5.18. The standard InChI is InChI=1S/C20H20N2O4S/c1-4-26-20(23)18-13-19(15-7-11-17(12-8-15)27(3,24)25)22(21-18)16-9-5-14(2)6-10-16/h5-13H,4H2,1-3H3. The summed E-state index contributed by atoms with van der Waals surface area (Å²) >= 11 is 0. The minimum absolute atomic E-state index is 0.194. The van der Waals surface area contributed by atoms with Gasteiger partial charge in [-0.3, -0.25) is 0 Å². The van der Waals surface area contributed by atoms with Crippen molar-refractivity contribution in [1.29, 1.82) is 0 Å². The Balaban J connectivity index is 2.12. The highest BCUT2D eigenvalue weighted by Gasteiger charge is 2.18. The molecule has 0 unspecified atom stereocenters. The lowest BCUT2D eigenvalue weighted by atomic mass is 10.1. The second kappa shape index (κ2) is 7.36. The van der Waals surface area contributed by atoms with Crippen LogP contribution < -0.4 is 0 Å². The molecule has 0 fully saturated rings. The van der Waals surface area contributed by atoms with Gasteiger partial charge in [0.15, 0.2) is 15.5 Å². The maximum Gasteiger partial charge on any atom is 0.358 e. The maximum absolute atomic E-state index is 12.1. The summed E-state index contributed by atoms with van der Waals surface area (Å²) in [6, 6.07) is 15.9. The van der Waals surface area contributed by atoms with Crippen molar-refractivity contribution in [3.63, 3.8) is 0 Å². The number of aryl methyl sites for hydroxylation is 1. The molecule has 0 saturated carbocycles. The predicted octanol–water partition coefficient (Wildman–Crippen LogP) is 3.43. The fourth-order valence-electron chi connectivity index (χ4n) is 2.65. The lowest BCUT2D eigenvalue weighted by molar-refractivity contribution is 0.0519. The van der Waals surface area contributed by atoms with Gasteiger partial charge in [0.2, 0.25) is 0 Å². The van der Waals surface area contributed by atoms with E-state index in [0.717, 1.165) is 23.1 Å². The summed E-state index contributed by atoms with van der Waals surface area (Å²) in [5.74, 6) is -0.502. The maximum atomic E-state index is 12.1. The SMILES string of the molecule is CCOC(=O)c1cc(-c2ccc(S(C)(=O)=O)cc2)n(-c2ccc(C)cc2)n1. The second-order valence-electron chi connectivity index (χ2n) is 6.18. The first kappa shape index (κ1) is 18.8. The average molecular weight is 384 g/mol. The molecule has 0 saturated heterocycles. The van der Waals surface area contributed by atoms with Crippen LogP contribution in [0.2, 0.25) is 0 Å². The molecule has 0 bridgehead atoms. The van der Waals surface area contributed by atoms with Crippen molar-refractivity contribution < 1.29 is 17.9 Å². The molecule has 0 spiro atoms. The molecule has 6 nitrogen and oxygen atoms in total. The van der Waals surface area contributed by atoms with Gasteiger partial charge >= 0.3 is 5.97 Å². The summed E-state index contributed by atoms with van der Waals surface area (Å²) in [4.78, 5) is 12.4. The number of ether oxygens (including phenoxy) is 1. The van der Waals surface area contributed by atoms with Crippen LogP contribution in [-0.4, -0.2) is 37.0 Å². The number of rotatable bonds is 5. The molecule has 0 N–H and O–H groups in total. The molecule has 0 aliphatic rings. The third kappa shape index (κ3) is 4.09. The fraction of sp³-hybridized carbons (Fsp3) is 0.200. The van der Waals surface area contributed by atoms with Gasteiger partial charge in [0, 0.05) is 11.8 Å². The van der Waals surface area contributed by atoms with E-state index >= 15 is 0 Å². The molecule has 0 aliphatic carbocycles. The molecule has 27 heavy (non-hydrogen) atoms. The van der Waals surface area contributed by atoms with E-state index < -0.39 is 15.8 Å². The van der Waals surface area contributed by atoms with Crippen LogP contribution in [0.3, 0.4) is 0 Å². The Morgan fingerprint density at radius 3 is 2.26 bits per heavy atom. The van der Waals surface area contributed by atoms with Crippen LogP contribution in [0.15, 0.2) is 59.5 Å². The summed E-state index contributed by atoms with van der Waals surface area (Å²) in [5, 5.41) is 4.40. The number of benzene rings is 2. The Hall–Kier alpha value is -2.93. The fourth-order valence-corrected chi connectivity index (χ4v) is 3.28. The number of aromatic nitrogens is 2. The van der Waals surface area contributed by atoms with E-state index in [9.17, 15) is 13.2 Å². The molecular weight excluding hydrogens is 364 g/mol. The van der Waals surface area contributed by atoms with E-state index in [0.29, 0.717) is 5.69 Å². The van der Waals surface area contributed by atoms with Gasteiger partial charge in [-0.1, -0.05) is 29.8 Å². The number of sulfone groups is 1. The van der Waals surface area contributed by atoms with Crippen molar-refractivity contribution in [2.24, 2.45) is 0 Å². The highest BCUT2D eigenvalue weighted by atomic mass is 32.2. The van der Waals surface area contributed by atoms with Crippen LogP contribution in [0.1, 0.15) is 23.0 Å². The molecule has 2 aromatic carbocycles. The quantitative estimate of drug-likeness (QED) is 0.630. The number of nitrogens with zero attached hydrogens (tertiary/aromatic N) is 2. The largest absolute Gasteiger partial charge is 0.461 e. The van der Waals surface area contributed by atoms with Gasteiger partial charge in [0.1, 0.15) is 0 Å². The molecule has 0 atom stereocenters. The summed E-state index contributed by atoms with van der Waals surface area (Å²) in [7, 11) is -3.28. The first-order valence-electron chi connectivity index (χ1n) is 8.44. The Bertz CT molecular complexity index is 1070. The summed E-state index contributed by atoms with van der Waals surface area (Å²) in [5.41, 5.74) is 3.50. The van der Waals surface area contributed by atoms with Crippen LogP contribution in [0.4, 0.5) is 0 Å². The number of esters is 1. The highest BCUT2D eigenvalue weighted by molar-refractivity contribution is 7.90. The topological polar surface area (TPSA) is 78.3 Å². The van der Waals surface area contributed by atoms with Crippen molar-refractivity contribution in [2.75, 3.05) is 12.9 Å². The summed E-state index contributed by atoms with van der Waals surface area (Å²) in [6.45, 7) is 3.98. The van der Waals surface area contributed by atoms with Crippen LogP contribution in [0.5, 0.6) is 0 Å². The van der Waals surface area contributed by atoms with Crippen molar-refractivity contribution in [3.8, 4) is 16.9 Å². The van der Waals surface area contributed by atoms with E-state index in [1.807, 2.05) is 31.2 Å². The number of hydrogen-bond donors (Lipinski definition) is 0. The van der Waals surface area contributed by atoms with E-state index in [-0.39, 0.29) is 17.2 Å². The smallest absolute Gasteiger partial charge is 0.358 e. The zero-order valence-electron chi connectivity index (χ0n) is 15.3. The molecule has 1 heterocycles. The average Bonchev–Trinajstić information content (AvgIpc) is 3.07. The molecule has 3 rings (SSSR count). The Labute approximate surface area is 158 Å². The molecule has 7 heteroatoms. The van der Waals surface area contributed by atoms with E-state index in [1.165, 1.54) is 0 Å². The Kier molecular flexibility index (Phi) is 5.14. The van der Waals surface area contributed by atoms with Gasteiger partial charge in [0.05, 0.1) is 22.9 Å². The van der Waals surface area contributed by atoms with Crippen molar-refractivity contribution in [2.45, 2.75) is 18.7 Å². The highest BCUT2D eigenvalue weighted by Crippen LogP contribution is 2.26. The monoisotopic (exact) mass is 384 g/mol. The van der Waals surface area contributed by atoms with Crippen molar-refractivity contribution in [3.05, 3.63) is 65.9 Å². The molecule has 1 aromatic heterocycles. The predicted molar refractivity (Wildman–Crippen MR) is 103 cm³/mol. The van der Waals surface area contributed by atoms with Gasteiger partial charge in [-0.15, -0.1) is 0 Å². The molecule has 0 radical (unpaired) electrons. The number of carbonyl (C=O) groups is 1.